The van der Waals surface area contributed by atoms with Gasteiger partial charge in [0.05, 0.1) is 37.1 Å². The van der Waals surface area contributed by atoms with Crippen molar-refractivity contribution in [3.8, 4) is 0 Å². The monoisotopic (exact) mass is 342 g/mol. The Bertz CT molecular complexity index is 762. The quantitative estimate of drug-likeness (QED) is 0.916. The van der Waals surface area contributed by atoms with Crippen LogP contribution in [0.2, 0.25) is 0 Å². The molecule has 2 aromatic rings. The summed E-state index contributed by atoms with van der Waals surface area (Å²) in [6.07, 6.45) is 4.89. The van der Waals surface area contributed by atoms with Crippen LogP contribution in [0.1, 0.15) is 36.8 Å². The van der Waals surface area contributed by atoms with Gasteiger partial charge in [-0.05, 0) is 18.6 Å². The first-order chi connectivity index (χ1) is 12.2. The van der Waals surface area contributed by atoms with Crippen LogP contribution in [0.4, 0.5) is 5.95 Å². The Kier molecular flexibility index (Phi) is 4.17. The molecule has 2 aromatic heterocycles. The van der Waals surface area contributed by atoms with Gasteiger partial charge in [0.1, 0.15) is 5.76 Å². The molecule has 1 unspecified atom stereocenters. The minimum atomic E-state index is -0.220. The number of carbonyl (C=O) groups excluding carboxylic acids is 1. The van der Waals surface area contributed by atoms with Gasteiger partial charge < -0.3 is 19.4 Å². The highest BCUT2D eigenvalue weighted by molar-refractivity contribution is 5.76. The molecule has 1 amide bonds. The fraction of sp³-hybridized carbons (Fsp3) is 0.500. The van der Waals surface area contributed by atoms with Crippen LogP contribution in [0.15, 0.2) is 29.0 Å². The zero-order chi connectivity index (χ0) is 17.3. The van der Waals surface area contributed by atoms with E-state index in [0.717, 1.165) is 30.0 Å². The first-order valence-corrected chi connectivity index (χ1v) is 8.68. The maximum Gasteiger partial charge on any atom is 0.223 e. The van der Waals surface area contributed by atoms with Crippen molar-refractivity contribution in [1.82, 2.24) is 14.9 Å². The largest absolute Gasteiger partial charge is 0.467 e. The van der Waals surface area contributed by atoms with Crippen molar-refractivity contribution in [1.29, 1.82) is 0 Å². The Balaban J connectivity index is 1.57. The second-order valence-corrected chi connectivity index (χ2v) is 6.69. The molecule has 132 valence electrons. The normalized spacial score (nSPS) is 22.2. The van der Waals surface area contributed by atoms with Gasteiger partial charge in [0.2, 0.25) is 11.9 Å². The average molecular weight is 342 g/mol. The van der Waals surface area contributed by atoms with Crippen molar-refractivity contribution in [2.45, 2.75) is 38.3 Å². The molecule has 4 heterocycles. The SMILES string of the molecule is CCC(=O)N1CCC2(COCc3cnc(NCc4ccco4)nc32)C1. The molecule has 1 atom stereocenters. The Hall–Kier alpha value is -2.41. The Morgan fingerprint density at radius 2 is 2.40 bits per heavy atom. The van der Waals surface area contributed by atoms with Crippen molar-refractivity contribution in [3.63, 3.8) is 0 Å². The fourth-order valence-electron chi connectivity index (χ4n) is 3.68. The Labute approximate surface area is 146 Å². The molecule has 0 bridgehead atoms. The molecule has 4 rings (SSSR count). The molecule has 1 N–H and O–H groups in total. The summed E-state index contributed by atoms with van der Waals surface area (Å²) in [7, 11) is 0. The van der Waals surface area contributed by atoms with Crippen molar-refractivity contribution in [2.75, 3.05) is 25.0 Å². The zero-order valence-corrected chi connectivity index (χ0v) is 14.3. The number of likely N-dealkylation sites (tertiary alicyclic amines) is 1. The average Bonchev–Trinajstić information content (AvgIpc) is 3.30. The third kappa shape index (κ3) is 3.00. The van der Waals surface area contributed by atoms with Gasteiger partial charge in [-0.2, -0.15) is 0 Å². The maximum atomic E-state index is 12.1. The molecule has 0 saturated carbocycles. The molecule has 1 fully saturated rings. The Morgan fingerprint density at radius 3 is 3.20 bits per heavy atom. The number of furan rings is 1. The number of nitrogens with zero attached hydrogens (tertiary/aromatic N) is 3. The van der Waals surface area contributed by atoms with Gasteiger partial charge in [0.15, 0.2) is 0 Å². The first kappa shape index (κ1) is 16.1. The van der Waals surface area contributed by atoms with Crippen LogP contribution in [0.25, 0.3) is 0 Å². The van der Waals surface area contributed by atoms with Crippen molar-refractivity contribution in [3.05, 3.63) is 41.6 Å². The van der Waals surface area contributed by atoms with Crippen LogP contribution in [0.3, 0.4) is 0 Å². The topological polar surface area (TPSA) is 80.5 Å². The number of fused-ring (bicyclic) bond motifs is 2. The lowest BCUT2D eigenvalue weighted by Gasteiger charge is -2.34. The molecule has 0 aliphatic carbocycles. The number of hydrogen-bond donors (Lipinski definition) is 1. The van der Waals surface area contributed by atoms with E-state index in [1.54, 1.807) is 6.26 Å². The minimum Gasteiger partial charge on any atom is -0.467 e. The molecule has 0 aromatic carbocycles. The number of carbonyl (C=O) groups is 1. The number of ether oxygens (including phenoxy) is 1. The third-order valence-corrected chi connectivity index (χ3v) is 5.01. The molecular formula is C18H22N4O3. The van der Waals surface area contributed by atoms with Crippen LogP contribution in [-0.4, -0.2) is 40.5 Å². The number of anilines is 1. The van der Waals surface area contributed by atoms with Gasteiger partial charge >= 0.3 is 0 Å². The molecule has 25 heavy (non-hydrogen) atoms. The minimum absolute atomic E-state index is 0.189. The highest BCUT2D eigenvalue weighted by atomic mass is 16.5. The summed E-state index contributed by atoms with van der Waals surface area (Å²) < 4.78 is 11.1. The molecular weight excluding hydrogens is 320 g/mol. The summed E-state index contributed by atoms with van der Waals surface area (Å²) in [6, 6.07) is 3.76. The van der Waals surface area contributed by atoms with E-state index in [1.807, 2.05) is 30.2 Å². The molecule has 7 heteroatoms. The van der Waals surface area contributed by atoms with Gasteiger partial charge in [-0.15, -0.1) is 0 Å². The smallest absolute Gasteiger partial charge is 0.223 e. The van der Waals surface area contributed by atoms with Crippen molar-refractivity contribution in [2.24, 2.45) is 0 Å². The van der Waals surface area contributed by atoms with Crippen LogP contribution in [-0.2, 0) is 28.1 Å². The maximum absolute atomic E-state index is 12.1. The second kappa shape index (κ2) is 6.48. The number of aromatic nitrogens is 2. The molecule has 1 spiro atoms. The van der Waals surface area contributed by atoms with Gasteiger partial charge in [0.25, 0.3) is 0 Å². The number of rotatable bonds is 4. The zero-order valence-electron chi connectivity index (χ0n) is 14.3. The van der Waals surface area contributed by atoms with Crippen LogP contribution >= 0.6 is 0 Å². The third-order valence-electron chi connectivity index (χ3n) is 5.01. The molecule has 1 saturated heterocycles. The Morgan fingerprint density at radius 1 is 1.48 bits per heavy atom. The van der Waals surface area contributed by atoms with Crippen LogP contribution in [0.5, 0.6) is 0 Å². The van der Waals surface area contributed by atoms with Gasteiger partial charge in [-0.3, -0.25) is 4.79 Å². The number of hydrogen-bond acceptors (Lipinski definition) is 6. The standard InChI is InChI=1S/C18H22N4O3/c1-2-15(23)22-6-5-18(11-22)12-24-10-13-8-19-17(21-16(13)18)20-9-14-4-3-7-25-14/h3-4,7-8H,2,5-6,9-12H2,1H3,(H,19,20,21). The van der Waals surface area contributed by atoms with Gasteiger partial charge in [-0.25, -0.2) is 9.97 Å². The van der Waals surface area contributed by atoms with Crippen LogP contribution in [0, 0.1) is 0 Å². The molecule has 0 radical (unpaired) electrons. The number of amides is 1. The predicted molar refractivity (Wildman–Crippen MR) is 90.9 cm³/mol. The van der Waals surface area contributed by atoms with E-state index in [2.05, 4.69) is 10.3 Å². The van der Waals surface area contributed by atoms with E-state index in [4.69, 9.17) is 14.1 Å². The molecule has 7 nitrogen and oxygen atoms in total. The van der Waals surface area contributed by atoms with E-state index in [0.29, 0.717) is 38.7 Å². The summed E-state index contributed by atoms with van der Waals surface area (Å²) in [5.41, 5.74) is 1.81. The van der Waals surface area contributed by atoms with Gasteiger partial charge in [0, 0.05) is 31.3 Å². The summed E-state index contributed by atoms with van der Waals surface area (Å²) in [4.78, 5) is 23.2. The summed E-state index contributed by atoms with van der Waals surface area (Å²) in [5.74, 6) is 1.60. The van der Waals surface area contributed by atoms with Crippen LogP contribution < -0.4 is 5.32 Å². The lowest BCUT2D eigenvalue weighted by atomic mass is 9.80. The van der Waals surface area contributed by atoms with Crippen molar-refractivity contribution < 1.29 is 13.9 Å². The molecule has 2 aliphatic heterocycles. The van der Waals surface area contributed by atoms with E-state index in [9.17, 15) is 4.79 Å². The van der Waals surface area contributed by atoms with E-state index in [-0.39, 0.29) is 11.3 Å². The highest BCUT2D eigenvalue weighted by Crippen LogP contribution is 2.39. The van der Waals surface area contributed by atoms with E-state index >= 15 is 0 Å². The fourth-order valence-corrected chi connectivity index (χ4v) is 3.68. The van der Waals surface area contributed by atoms with Gasteiger partial charge in [-0.1, -0.05) is 6.92 Å². The van der Waals surface area contributed by atoms with E-state index in [1.165, 1.54) is 0 Å². The summed E-state index contributed by atoms with van der Waals surface area (Å²) in [6.45, 7) is 4.99. The summed E-state index contributed by atoms with van der Waals surface area (Å²) >= 11 is 0. The predicted octanol–water partition coefficient (Wildman–Crippen LogP) is 2.09. The molecule has 2 aliphatic rings. The second-order valence-electron chi connectivity index (χ2n) is 6.69. The highest BCUT2D eigenvalue weighted by Gasteiger charge is 2.45. The number of nitrogens with one attached hydrogen (secondary N) is 1. The first-order valence-electron chi connectivity index (χ1n) is 8.68. The van der Waals surface area contributed by atoms with Crippen molar-refractivity contribution >= 4 is 11.9 Å². The lowest BCUT2D eigenvalue weighted by molar-refractivity contribution is -0.130. The summed E-state index contributed by atoms with van der Waals surface area (Å²) in [5, 5.41) is 3.21. The van der Waals surface area contributed by atoms with E-state index < -0.39 is 0 Å². The lowest BCUT2D eigenvalue weighted by Crippen LogP contribution is -2.41.